The molecule has 0 spiro atoms. The van der Waals surface area contributed by atoms with Crippen molar-refractivity contribution >= 4 is 39.1 Å². The van der Waals surface area contributed by atoms with E-state index in [0.717, 1.165) is 43.3 Å². The van der Waals surface area contributed by atoms with Gasteiger partial charge in [-0.2, -0.15) is 0 Å². The summed E-state index contributed by atoms with van der Waals surface area (Å²) in [7, 11) is -3.42. The number of anilines is 2. The number of nitrogens with zero attached hydrogens (tertiary/aromatic N) is 4. The summed E-state index contributed by atoms with van der Waals surface area (Å²) in [5.41, 5.74) is 0.304. The molecule has 0 atom stereocenters. The number of carbonyl (C=O) groups is 1. The van der Waals surface area contributed by atoms with Gasteiger partial charge < -0.3 is 10.2 Å². The maximum Gasteiger partial charge on any atom is 0.234 e. The van der Waals surface area contributed by atoms with Crippen molar-refractivity contribution in [1.82, 2.24) is 14.8 Å². The number of para-hydroxylation sites is 1. The van der Waals surface area contributed by atoms with Gasteiger partial charge in [0.15, 0.2) is 15.0 Å². The van der Waals surface area contributed by atoms with Crippen LogP contribution in [0.5, 0.6) is 0 Å². The number of piperidine rings is 1. The average Bonchev–Trinajstić information content (AvgIpc) is 3.45. The van der Waals surface area contributed by atoms with Crippen LogP contribution >= 0.6 is 11.8 Å². The van der Waals surface area contributed by atoms with Crippen LogP contribution in [0.4, 0.5) is 11.6 Å². The van der Waals surface area contributed by atoms with Gasteiger partial charge in [0.1, 0.15) is 0 Å². The van der Waals surface area contributed by atoms with Gasteiger partial charge in [-0.05, 0) is 44.2 Å². The molecule has 29 heavy (non-hydrogen) atoms. The zero-order valence-electron chi connectivity index (χ0n) is 16.4. The van der Waals surface area contributed by atoms with Crippen LogP contribution in [-0.2, 0) is 14.6 Å². The van der Waals surface area contributed by atoms with Crippen LogP contribution in [0.1, 0.15) is 38.1 Å². The number of amides is 1. The maximum absolute atomic E-state index is 12.5. The first-order chi connectivity index (χ1) is 13.9. The van der Waals surface area contributed by atoms with E-state index < -0.39 is 9.84 Å². The second-order valence-corrected chi connectivity index (χ2v) is 10.5. The molecule has 8 nitrogen and oxygen atoms in total. The SMILES string of the molecule is CS(=O)(=O)c1ccccc1NC(=O)CSc1nnc(N2CCCCC2)n1C1CC1. The van der Waals surface area contributed by atoms with Crippen LogP contribution in [0.15, 0.2) is 34.3 Å². The van der Waals surface area contributed by atoms with Crippen LogP contribution in [0.2, 0.25) is 0 Å². The molecule has 1 aliphatic carbocycles. The first-order valence-corrected chi connectivity index (χ1v) is 12.7. The molecule has 1 saturated heterocycles. The molecule has 0 unspecified atom stereocenters. The molecule has 2 heterocycles. The Kier molecular flexibility index (Phi) is 5.82. The smallest absolute Gasteiger partial charge is 0.234 e. The molecule has 4 rings (SSSR count). The van der Waals surface area contributed by atoms with Gasteiger partial charge >= 0.3 is 0 Å². The third kappa shape index (κ3) is 4.75. The van der Waals surface area contributed by atoms with Gasteiger partial charge in [0, 0.05) is 25.4 Å². The van der Waals surface area contributed by atoms with Crippen molar-refractivity contribution in [2.24, 2.45) is 0 Å². The van der Waals surface area contributed by atoms with Gasteiger partial charge in [-0.3, -0.25) is 9.36 Å². The van der Waals surface area contributed by atoms with E-state index in [1.807, 2.05) is 0 Å². The molecule has 1 aliphatic heterocycles. The van der Waals surface area contributed by atoms with Crippen molar-refractivity contribution in [3.63, 3.8) is 0 Å². The Balaban J connectivity index is 1.45. The number of carbonyl (C=O) groups excluding carboxylic acids is 1. The Labute approximate surface area is 175 Å². The molecule has 2 fully saturated rings. The first-order valence-electron chi connectivity index (χ1n) is 9.85. The number of hydrogen-bond acceptors (Lipinski definition) is 7. The summed E-state index contributed by atoms with van der Waals surface area (Å²) in [6.07, 6.45) is 6.95. The molecule has 1 saturated carbocycles. The van der Waals surface area contributed by atoms with Crippen molar-refractivity contribution in [2.45, 2.75) is 48.2 Å². The largest absolute Gasteiger partial charge is 0.341 e. The predicted octanol–water partition coefficient (Wildman–Crippen LogP) is 2.74. The van der Waals surface area contributed by atoms with Gasteiger partial charge in [0.05, 0.1) is 16.3 Å². The van der Waals surface area contributed by atoms with Crippen LogP contribution < -0.4 is 10.2 Å². The number of hydrogen-bond donors (Lipinski definition) is 1. The van der Waals surface area contributed by atoms with E-state index in [4.69, 9.17) is 0 Å². The molecular weight excluding hydrogens is 410 g/mol. The third-order valence-corrected chi connectivity index (χ3v) is 7.19. The van der Waals surface area contributed by atoms with Gasteiger partial charge in [-0.15, -0.1) is 10.2 Å². The highest BCUT2D eigenvalue weighted by Crippen LogP contribution is 2.41. The Bertz CT molecular complexity index is 995. The van der Waals surface area contributed by atoms with Crippen molar-refractivity contribution in [1.29, 1.82) is 0 Å². The number of benzene rings is 1. The van der Waals surface area contributed by atoms with Gasteiger partial charge in [0.25, 0.3) is 0 Å². The Hall–Kier alpha value is -2.07. The summed E-state index contributed by atoms with van der Waals surface area (Å²) in [5.74, 6) is 0.789. The van der Waals surface area contributed by atoms with E-state index >= 15 is 0 Å². The van der Waals surface area contributed by atoms with Crippen molar-refractivity contribution in [3.05, 3.63) is 24.3 Å². The van der Waals surface area contributed by atoms with E-state index in [0.29, 0.717) is 11.7 Å². The Morgan fingerprint density at radius 3 is 2.59 bits per heavy atom. The van der Waals surface area contributed by atoms with Crippen molar-refractivity contribution in [3.8, 4) is 0 Å². The molecule has 10 heteroatoms. The summed E-state index contributed by atoms with van der Waals surface area (Å²) < 4.78 is 26.0. The minimum Gasteiger partial charge on any atom is -0.341 e. The molecule has 1 aromatic heterocycles. The first kappa shape index (κ1) is 20.2. The molecule has 0 radical (unpaired) electrons. The van der Waals surface area contributed by atoms with Crippen LogP contribution in [0.3, 0.4) is 0 Å². The lowest BCUT2D eigenvalue weighted by atomic mass is 10.1. The summed E-state index contributed by atoms with van der Waals surface area (Å²) >= 11 is 1.34. The lowest BCUT2D eigenvalue weighted by Gasteiger charge is -2.27. The minimum atomic E-state index is -3.42. The summed E-state index contributed by atoms with van der Waals surface area (Å²) in [6, 6.07) is 6.85. The van der Waals surface area contributed by atoms with E-state index in [2.05, 4.69) is 25.0 Å². The van der Waals surface area contributed by atoms with E-state index in [-0.39, 0.29) is 16.6 Å². The van der Waals surface area contributed by atoms with Crippen LogP contribution in [-0.4, -0.2) is 54.2 Å². The maximum atomic E-state index is 12.5. The summed E-state index contributed by atoms with van der Waals surface area (Å²) in [4.78, 5) is 14.9. The van der Waals surface area contributed by atoms with Crippen molar-refractivity contribution in [2.75, 3.05) is 35.3 Å². The van der Waals surface area contributed by atoms with Crippen molar-refractivity contribution < 1.29 is 13.2 Å². The van der Waals surface area contributed by atoms with Gasteiger partial charge in [-0.25, -0.2) is 8.42 Å². The fourth-order valence-electron chi connectivity index (χ4n) is 3.54. The topological polar surface area (TPSA) is 97.2 Å². The number of rotatable bonds is 7. The Morgan fingerprint density at radius 2 is 1.90 bits per heavy atom. The molecule has 1 aromatic carbocycles. The summed E-state index contributed by atoms with van der Waals surface area (Å²) in [6.45, 7) is 2.00. The zero-order chi connectivity index (χ0) is 20.4. The average molecular weight is 436 g/mol. The molecule has 2 aliphatic rings. The minimum absolute atomic E-state index is 0.117. The number of sulfone groups is 1. The fourth-order valence-corrected chi connectivity index (χ4v) is 5.18. The highest BCUT2D eigenvalue weighted by Gasteiger charge is 2.32. The normalized spacial score (nSPS) is 17.3. The lowest BCUT2D eigenvalue weighted by molar-refractivity contribution is -0.113. The molecule has 1 N–H and O–H groups in total. The molecule has 156 valence electrons. The second-order valence-electron chi connectivity index (χ2n) is 7.54. The van der Waals surface area contributed by atoms with Gasteiger partial charge in [0.2, 0.25) is 11.9 Å². The molecule has 2 aromatic rings. The van der Waals surface area contributed by atoms with Gasteiger partial charge in [-0.1, -0.05) is 23.9 Å². The zero-order valence-corrected chi connectivity index (χ0v) is 18.0. The lowest BCUT2D eigenvalue weighted by Crippen LogP contribution is -2.32. The Morgan fingerprint density at radius 1 is 1.17 bits per heavy atom. The monoisotopic (exact) mass is 435 g/mol. The van der Waals surface area contributed by atoms with Crippen LogP contribution in [0.25, 0.3) is 0 Å². The molecular formula is C19H25N5O3S2. The summed E-state index contributed by atoms with van der Waals surface area (Å²) in [5, 5.41) is 12.2. The van der Waals surface area contributed by atoms with E-state index in [9.17, 15) is 13.2 Å². The molecule has 1 amide bonds. The standard InChI is InChI=1S/C19H25N5O3S2/c1-29(26,27)16-8-4-3-7-15(16)20-17(25)13-28-19-22-21-18(24(19)14-9-10-14)23-11-5-2-6-12-23/h3-4,7-8,14H,2,5-6,9-13H2,1H3,(H,20,25). The third-order valence-electron chi connectivity index (χ3n) is 5.09. The van der Waals surface area contributed by atoms with Crippen LogP contribution in [0, 0.1) is 0 Å². The quantitative estimate of drug-likeness (QED) is 0.668. The van der Waals surface area contributed by atoms with E-state index in [1.165, 1.54) is 37.1 Å². The second kappa shape index (κ2) is 8.35. The predicted molar refractivity (Wildman–Crippen MR) is 113 cm³/mol. The van der Waals surface area contributed by atoms with E-state index in [1.54, 1.807) is 18.2 Å². The number of aromatic nitrogens is 3. The number of thioether (sulfide) groups is 1. The fraction of sp³-hybridized carbons (Fsp3) is 0.526. The highest BCUT2D eigenvalue weighted by molar-refractivity contribution is 7.99. The number of nitrogens with one attached hydrogen (secondary N) is 1. The highest BCUT2D eigenvalue weighted by atomic mass is 32.2. The molecule has 0 bridgehead atoms.